The van der Waals surface area contributed by atoms with Crippen LogP contribution in [0, 0.1) is 5.92 Å². The fourth-order valence-electron chi connectivity index (χ4n) is 5.36. The molecule has 5 aliphatic carbocycles. The van der Waals surface area contributed by atoms with Gasteiger partial charge in [-0.25, -0.2) is 4.79 Å². The molecule has 14 heteroatoms. The summed E-state index contributed by atoms with van der Waals surface area (Å²) in [4.78, 5) is 12.1. The summed E-state index contributed by atoms with van der Waals surface area (Å²) in [5.74, 6) is 0.291. The van der Waals surface area contributed by atoms with Crippen LogP contribution in [0.5, 0.6) is 0 Å². The van der Waals surface area contributed by atoms with Gasteiger partial charge in [0.15, 0.2) is 0 Å². The number of alkyl halides is 6. The summed E-state index contributed by atoms with van der Waals surface area (Å²) in [7, 11) is 0. The van der Waals surface area contributed by atoms with Gasteiger partial charge in [0.2, 0.25) is 11.8 Å². The van der Waals surface area contributed by atoms with E-state index < -0.39 is 36.6 Å². The number of hydrogen-bond donors (Lipinski definition) is 1. The van der Waals surface area contributed by atoms with E-state index in [0.717, 1.165) is 0 Å². The number of carbonyl (C=O) groups is 1. The van der Waals surface area contributed by atoms with Gasteiger partial charge in [0.05, 0.1) is 24.2 Å². The fourth-order valence-corrected chi connectivity index (χ4v) is 5.36. The van der Waals surface area contributed by atoms with E-state index in [-0.39, 0.29) is 49.5 Å². The minimum absolute atomic E-state index is 0.0260. The van der Waals surface area contributed by atoms with Crippen molar-refractivity contribution in [2.45, 2.75) is 86.8 Å². The Balaban J connectivity index is 1.01. The number of nitrogens with one attached hydrogen (secondary N) is 1. The molecule has 5 aliphatic rings. The molecular formula is C19H21F6N3O5. The Morgan fingerprint density at radius 1 is 0.970 bits per heavy atom. The van der Waals surface area contributed by atoms with Gasteiger partial charge in [0.25, 0.3) is 0 Å². The Bertz CT molecular complexity index is 887. The molecule has 0 aliphatic heterocycles. The molecule has 0 unspecified atom stereocenters. The number of nitrogens with zero attached hydrogens (tertiary/aromatic N) is 2. The molecule has 0 atom stereocenters. The van der Waals surface area contributed by atoms with Crippen molar-refractivity contribution in [1.82, 2.24) is 15.5 Å². The summed E-state index contributed by atoms with van der Waals surface area (Å²) in [6.07, 6.45) is -9.31. The molecule has 184 valence electrons. The van der Waals surface area contributed by atoms with Crippen molar-refractivity contribution in [1.29, 1.82) is 0 Å². The van der Waals surface area contributed by atoms with Gasteiger partial charge in [-0.3, -0.25) is 9.47 Å². The second kappa shape index (κ2) is 7.45. The van der Waals surface area contributed by atoms with E-state index in [1.54, 1.807) is 0 Å². The van der Waals surface area contributed by atoms with Crippen molar-refractivity contribution in [2.24, 2.45) is 5.92 Å². The third-order valence-corrected chi connectivity index (χ3v) is 6.98. The largest absolute Gasteiger partial charge is 0.522 e. The molecule has 6 rings (SSSR count). The Hall–Kier alpha value is -2.09. The Labute approximate surface area is 183 Å². The van der Waals surface area contributed by atoms with Crippen molar-refractivity contribution in [3.63, 3.8) is 0 Å². The van der Waals surface area contributed by atoms with Crippen LogP contribution in [0.2, 0.25) is 0 Å². The smallest absolute Gasteiger partial charge is 0.449 e. The third kappa shape index (κ3) is 4.63. The van der Waals surface area contributed by atoms with Gasteiger partial charge in [-0.15, -0.1) is 36.5 Å². The molecular weight excluding hydrogens is 464 g/mol. The molecule has 5 saturated carbocycles. The van der Waals surface area contributed by atoms with Gasteiger partial charge in [0, 0.05) is 11.5 Å². The maximum absolute atomic E-state index is 12.2. The van der Waals surface area contributed by atoms with Gasteiger partial charge >= 0.3 is 18.8 Å². The summed E-state index contributed by atoms with van der Waals surface area (Å²) in [6, 6.07) is 0. The molecule has 1 amide bonds. The maximum atomic E-state index is 12.2. The summed E-state index contributed by atoms with van der Waals surface area (Å²) in [6.45, 7) is 0.0260. The number of carbonyl (C=O) groups excluding carboxylic acids is 1. The van der Waals surface area contributed by atoms with Crippen molar-refractivity contribution in [3.05, 3.63) is 11.8 Å². The standard InChI is InChI=1S/C19H21F6N3O5/c20-18(21,22)32-11-1-9(2-11)5-30-15(29)26-17-6-16(7-17,8-17)14-28-27-13(31-14)10-3-12(4-10)33-19(23,24)25/h9-12H,1-8H2,(H,26,29)/t9?,10-,11?,12+,16?,17?. The highest BCUT2D eigenvalue weighted by atomic mass is 19.4. The van der Waals surface area contributed by atoms with Gasteiger partial charge < -0.3 is 14.5 Å². The zero-order chi connectivity index (χ0) is 23.6. The van der Waals surface area contributed by atoms with Gasteiger partial charge in [-0.05, 0) is 50.9 Å². The van der Waals surface area contributed by atoms with E-state index in [9.17, 15) is 31.1 Å². The van der Waals surface area contributed by atoms with Crippen LogP contribution in [0.15, 0.2) is 4.42 Å². The highest BCUT2D eigenvalue weighted by molar-refractivity contribution is 5.69. The third-order valence-electron chi connectivity index (χ3n) is 6.98. The van der Waals surface area contributed by atoms with E-state index in [1.165, 1.54) is 0 Å². The lowest BCUT2D eigenvalue weighted by Gasteiger charge is -2.68. The first-order valence-corrected chi connectivity index (χ1v) is 10.6. The lowest BCUT2D eigenvalue weighted by molar-refractivity contribution is -0.355. The lowest BCUT2D eigenvalue weighted by Crippen LogP contribution is -2.76. The summed E-state index contributed by atoms with van der Waals surface area (Å²) >= 11 is 0. The van der Waals surface area contributed by atoms with Crippen LogP contribution in [-0.4, -0.2) is 53.4 Å². The molecule has 1 N–H and O–H groups in total. The molecule has 2 bridgehead atoms. The van der Waals surface area contributed by atoms with E-state index in [1.807, 2.05) is 0 Å². The Morgan fingerprint density at radius 2 is 1.55 bits per heavy atom. The number of amides is 1. The summed E-state index contributed by atoms with van der Waals surface area (Å²) in [5.41, 5.74) is -0.782. The zero-order valence-electron chi connectivity index (χ0n) is 17.2. The number of alkyl carbamates (subject to hydrolysis) is 1. The second-order valence-electron chi connectivity index (χ2n) is 9.64. The van der Waals surface area contributed by atoms with Crippen LogP contribution in [0.3, 0.4) is 0 Å². The average molecular weight is 485 g/mol. The van der Waals surface area contributed by atoms with Crippen molar-refractivity contribution >= 4 is 6.09 Å². The number of rotatable bonds is 7. The maximum Gasteiger partial charge on any atom is 0.522 e. The molecule has 0 aromatic carbocycles. The number of hydrogen-bond acceptors (Lipinski definition) is 7. The topological polar surface area (TPSA) is 95.7 Å². The van der Waals surface area contributed by atoms with Crippen LogP contribution < -0.4 is 5.32 Å². The van der Waals surface area contributed by atoms with Gasteiger partial charge in [-0.2, -0.15) is 0 Å². The molecule has 5 fully saturated rings. The lowest BCUT2D eigenvalue weighted by atomic mass is 9.39. The molecule has 0 spiro atoms. The SMILES string of the molecule is O=C(NC12CC(c3nnc([C@H]4C[C@@H](OC(F)(F)F)C4)o3)(C1)C2)OCC1CC(OC(F)(F)F)C1. The molecule has 1 aromatic rings. The summed E-state index contributed by atoms with van der Waals surface area (Å²) in [5, 5.41) is 10.8. The van der Waals surface area contributed by atoms with Crippen LogP contribution >= 0.6 is 0 Å². The highest BCUT2D eigenvalue weighted by Crippen LogP contribution is 2.67. The normalized spacial score (nSPS) is 37.3. The molecule has 1 aromatic heterocycles. The van der Waals surface area contributed by atoms with Crippen molar-refractivity contribution in [3.8, 4) is 0 Å². The number of ether oxygens (including phenoxy) is 3. The second-order valence-corrected chi connectivity index (χ2v) is 9.64. The molecule has 33 heavy (non-hydrogen) atoms. The summed E-state index contributed by atoms with van der Waals surface area (Å²) < 4.78 is 91.7. The molecule has 8 nitrogen and oxygen atoms in total. The highest BCUT2D eigenvalue weighted by Gasteiger charge is 2.72. The zero-order valence-corrected chi connectivity index (χ0v) is 17.2. The first-order chi connectivity index (χ1) is 15.3. The van der Waals surface area contributed by atoms with E-state index in [4.69, 9.17) is 9.15 Å². The van der Waals surface area contributed by atoms with Crippen LogP contribution in [0.4, 0.5) is 31.1 Å². The first kappa shape index (κ1) is 22.7. The Kier molecular flexibility index (Phi) is 5.13. The quantitative estimate of drug-likeness (QED) is 0.582. The van der Waals surface area contributed by atoms with Crippen LogP contribution in [0.1, 0.15) is 62.6 Å². The van der Waals surface area contributed by atoms with Gasteiger partial charge in [-0.1, -0.05) is 0 Å². The molecule has 0 saturated heterocycles. The van der Waals surface area contributed by atoms with Crippen LogP contribution in [0.25, 0.3) is 0 Å². The fraction of sp³-hybridized carbons (Fsp3) is 0.842. The molecule has 0 radical (unpaired) electrons. The minimum Gasteiger partial charge on any atom is -0.449 e. The number of aromatic nitrogens is 2. The average Bonchev–Trinajstić information content (AvgIpc) is 3.01. The van der Waals surface area contributed by atoms with Crippen molar-refractivity contribution < 1.29 is 49.8 Å². The minimum atomic E-state index is -4.66. The van der Waals surface area contributed by atoms with Crippen molar-refractivity contribution in [2.75, 3.05) is 6.61 Å². The first-order valence-electron chi connectivity index (χ1n) is 10.6. The van der Waals surface area contributed by atoms with E-state index >= 15 is 0 Å². The van der Waals surface area contributed by atoms with E-state index in [0.29, 0.717) is 31.0 Å². The van der Waals surface area contributed by atoms with E-state index in [2.05, 4.69) is 25.0 Å². The van der Waals surface area contributed by atoms with Gasteiger partial charge in [0.1, 0.15) is 0 Å². The van der Waals surface area contributed by atoms with Crippen LogP contribution in [-0.2, 0) is 19.6 Å². The Morgan fingerprint density at radius 3 is 2.12 bits per heavy atom. The predicted molar refractivity (Wildman–Crippen MR) is 93.6 cm³/mol. The predicted octanol–water partition coefficient (Wildman–Crippen LogP) is 4.07. The number of halogens is 6. The molecule has 1 heterocycles. The monoisotopic (exact) mass is 485 g/mol.